The summed E-state index contributed by atoms with van der Waals surface area (Å²) < 4.78 is 18.5. The number of hydrogen-bond acceptors (Lipinski definition) is 3. The number of nitrogens with zero attached hydrogens (tertiary/aromatic N) is 1. The minimum atomic E-state index is -0.363. The van der Waals surface area contributed by atoms with Crippen LogP contribution in [-0.4, -0.2) is 20.1 Å². The van der Waals surface area contributed by atoms with Crippen LogP contribution in [0.3, 0.4) is 0 Å². The first-order valence-corrected chi connectivity index (χ1v) is 7.40. The van der Waals surface area contributed by atoms with Crippen molar-refractivity contribution in [3.05, 3.63) is 52.0 Å². The van der Waals surface area contributed by atoms with Crippen molar-refractivity contribution >= 4 is 41.3 Å². The van der Waals surface area contributed by atoms with Crippen LogP contribution in [-0.2, 0) is 13.1 Å². The van der Waals surface area contributed by atoms with Gasteiger partial charge in [0.25, 0.3) is 0 Å². The molecule has 2 aromatic rings. The Morgan fingerprint density at radius 2 is 2.05 bits per heavy atom. The van der Waals surface area contributed by atoms with Crippen molar-refractivity contribution in [2.75, 3.05) is 14.2 Å². The Labute approximate surface area is 150 Å². The molecular weight excluding hydrogens is 416 g/mol. The van der Waals surface area contributed by atoms with E-state index < -0.39 is 0 Å². The van der Waals surface area contributed by atoms with Crippen molar-refractivity contribution in [3.63, 3.8) is 0 Å². The molecule has 22 heavy (non-hydrogen) atoms. The van der Waals surface area contributed by atoms with Gasteiger partial charge in [-0.1, -0.05) is 12.1 Å². The van der Waals surface area contributed by atoms with E-state index in [4.69, 9.17) is 4.74 Å². The number of halogens is 2. The lowest BCUT2D eigenvalue weighted by Crippen LogP contribution is -2.36. The van der Waals surface area contributed by atoms with Crippen LogP contribution in [0.5, 0.6) is 5.75 Å². The SMILES string of the molecule is CN=C(NCc1ccc(OC)c(F)c1)NCc1cccs1.I. The number of ether oxygens (including phenoxy) is 1. The maximum atomic E-state index is 13.6. The number of nitrogens with one attached hydrogen (secondary N) is 2. The van der Waals surface area contributed by atoms with Gasteiger partial charge in [0.1, 0.15) is 0 Å². The average Bonchev–Trinajstić information content (AvgIpc) is 3.01. The molecule has 2 rings (SSSR count). The van der Waals surface area contributed by atoms with E-state index in [9.17, 15) is 4.39 Å². The molecule has 1 aromatic heterocycles. The molecule has 4 nitrogen and oxygen atoms in total. The third kappa shape index (κ3) is 5.45. The van der Waals surface area contributed by atoms with E-state index in [1.54, 1.807) is 24.5 Å². The molecule has 0 fully saturated rings. The number of thiophene rings is 1. The van der Waals surface area contributed by atoms with Crippen LogP contribution in [0.15, 0.2) is 40.7 Å². The van der Waals surface area contributed by atoms with Crippen molar-refractivity contribution in [3.8, 4) is 5.75 Å². The van der Waals surface area contributed by atoms with Gasteiger partial charge in [0, 0.05) is 18.5 Å². The molecule has 1 heterocycles. The molecule has 2 N–H and O–H groups in total. The van der Waals surface area contributed by atoms with Crippen molar-refractivity contribution in [1.82, 2.24) is 10.6 Å². The molecule has 1 aromatic carbocycles. The van der Waals surface area contributed by atoms with Crippen LogP contribution in [0.4, 0.5) is 4.39 Å². The lowest BCUT2D eigenvalue weighted by molar-refractivity contribution is 0.386. The highest BCUT2D eigenvalue weighted by molar-refractivity contribution is 14.0. The summed E-state index contributed by atoms with van der Waals surface area (Å²) in [4.78, 5) is 5.37. The summed E-state index contributed by atoms with van der Waals surface area (Å²) in [6.45, 7) is 1.21. The first kappa shape index (κ1) is 18.7. The van der Waals surface area contributed by atoms with Crippen molar-refractivity contribution in [2.45, 2.75) is 13.1 Å². The maximum Gasteiger partial charge on any atom is 0.191 e. The van der Waals surface area contributed by atoms with E-state index in [-0.39, 0.29) is 35.5 Å². The number of aliphatic imine (C=N–C) groups is 1. The van der Waals surface area contributed by atoms with Gasteiger partial charge in [-0.2, -0.15) is 0 Å². The molecule has 0 unspecified atom stereocenters. The highest BCUT2D eigenvalue weighted by atomic mass is 127. The fraction of sp³-hybridized carbons (Fsp3) is 0.267. The molecule has 0 radical (unpaired) electrons. The molecule has 0 aliphatic heterocycles. The van der Waals surface area contributed by atoms with Crippen LogP contribution in [0, 0.1) is 5.82 Å². The minimum absolute atomic E-state index is 0. The number of guanidine groups is 1. The van der Waals surface area contributed by atoms with Gasteiger partial charge in [-0.05, 0) is 29.1 Å². The molecular formula is C15H19FIN3OS. The molecule has 0 amide bonds. The largest absolute Gasteiger partial charge is 0.494 e. The molecule has 0 atom stereocenters. The van der Waals surface area contributed by atoms with E-state index in [0.717, 1.165) is 5.56 Å². The highest BCUT2D eigenvalue weighted by Crippen LogP contribution is 2.17. The first-order valence-electron chi connectivity index (χ1n) is 6.52. The van der Waals surface area contributed by atoms with Crippen LogP contribution in [0.2, 0.25) is 0 Å². The van der Waals surface area contributed by atoms with Crippen molar-refractivity contribution in [1.29, 1.82) is 0 Å². The van der Waals surface area contributed by atoms with Crippen molar-refractivity contribution in [2.24, 2.45) is 4.99 Å². The van der Waals surface area contributed by atoms with Gasteiger partial charge in [-0.3, -0.25) is 4.99 Å². The van der Waals surface area contributed by atoms with Gasteiger partial charge in [0.15, 0.2) is 17.5 Å². The smallest absolute Gasteiger partial charge is 0.191 e. The molecule has 0 saturated carbocycles. The Morgan fingerprint density at radius 3 is 2.64 bits per heavy atom. The summed E-state index contributed by atoms with van der Waals surface area (Å²) in [7, 11) is 3.16. The van der Waals surface area contributed by atoms with E-state index in [0.29, 0.717) is 19.0 Å². The highest BCUT2D eigenvalue weighted by Gasteiger charge is 2.04. The van der Waals surface area contributed by atoms with E-state index in [1.165, 1.54) is 18.1 Å². The molecule has 0 bridgehead atoms. The fourth-order valence-corrected chi connectivity index (χ4v) is 2.45. The van der Waals surface area contributed by atoms with E-state index in [2.05, 4.69) is 21.7 Å². The lowest BCUT2D eigenvalue weighted by Gasteiger charge is -2.12. The van der Waals surface area contributed by atoms with E-state index >= 15 is 0 Å². The summed E-state index contributed by atoms with van der Waals surface area (Å²) in [5, 5.41) is 8.39. The molecule has 120 valence electrons. The summed E-state index contributed by atoms with van der Waals surface area (Å²) in [5.74, 6) is 0.567. The Morgan fingerprint density at radius 1 is 1.27 bits per heavy atom. The fourth-order valence-electron chi connectivity index (χ4n) is 1.81. The summed E-state index contributed by atoms with van der Waals surface area (Å²) in [6.07, 6.45) is 0. The normalized spacial score (nSPS) is 10.8. The summed E-state index contributed by atoms with van der Waals surface area (Å²) in [6, 6.07) is 8.97. The van der Waals surface area contributed by atoms with Crippen LogP contribution in [0.25, 0.3) is 0 Å². The Balaban J connectivity index is 0.00000242. The monoisotopic (exact) mass is 435 g/mol. The zero-order chi connectivity index (χ0) is 15.1. The lowest BCUT2D eigenvalue weighted by atomic mass is 10.2. The Kier molecular flexibility index (Phi) is 8.18. The standard InChI is InChI=1S/C15H18FN3OS.HI/c1-17-15(19-10-12-4-3-7-21-12)18-9-11-5-6-14(20-2)13(16)8-11;/h3-8H,9-10H2,1-2H3,(H2,17,18,19);1H. The van der Waals surface area contributed by atoms with Gasteiger partial charge < -0.3 is 15.4 Å². The third-order valence-electron chi connectivity index (χ3n) is 2.91. The molecule has 0 spiro atoms. The second kappa shape index (κ2) is 9.62. The quantitative estimate of drug-likeness (QED) is 0.430. The van der Waals surface area contributed by atoms with E-state index in [1.807, 2.05) is 17.5 Å². The summed E-state index contributed by atoms with van der Waals surface area (Å²) >= 11 is 1.69. The molecule has 0 saturated heterocycles. The second-order valence-corrected chi connectivity index (χ2v) is 5.36. The number of hydrogen-bond donors (Lipinski definition) is 2. The third-order valence-corrected chi connectivity index (χ3v) is 3.79. The topological polar surface area (TPSA) is 45.7 Å². The van der Waals surface area contributed by atoms with Crippen molar-refractivity contribution < 1.29 is 9.13 Å². The zero-order valence-corrected chi connectivity index (χ0v) is 15.6. The van der Waals surface area contributed by atoms with Gasteiger partial charge >= 0.3 is 0 Å². The maximum absolute atomic E-state index is 13.6. The predicted octanol–water partition coefficient (Wildman–Crippen LogP) is 3.38. The first-order chi connectivity index (χ1) is 10.2. The Hall–Kier alpha value is -1.35. The predicted molar refractivity (Wildman–Crippen MR) is 99.7 cm³/mol. The van der Waals surface area contributed by atoms with Crippen LogP contribution >= 0.6 is 35.3 Å². The molecule has 7 heteroatoms. The molecule has 0 aliphatic carbocycles. The van der Waals surface area contributed by atoms with Crippen LogP contribution < -0.4 is 15.4 Å². The minimum Gasteiger partial charge on any atom is -0.494 e. The van der Waals surface area contributed by atoms with Gasteiger partial charge in [-0.15, -0.1) is 35.3 Å². The average molecular weight is 435 g/mol. The van der Waals surface area contributed by atoms with Gasteiger partial charge in [0.2, 0.25) is 0 Å². The van der Waals surface area contributed by atoms with Gasteiger partial charge in [0.05, 0.1) is 13.7 Å². The van der Waals surface area contributed by atoms with Crippen LogP contribution in [0.1, 0.15) is 10.4 Å². The number of methoxy groups -OCH3 is 1. The number of benzene rings is 1. The second-order valence-electron chi connectivity index (χ2n) is 4.33. The van der Waals surface area contributed by atoms with Gasteiger partial charge in [-0.25, -0.2) is 4.39 Å². The summed E-state index contributed by atoms with van der Waals surface area (Å²) in [5.41, 5.74) is 0.826. The molecule has 0 aliphatic rings. The Bertz CT molecular complexity index is 605. The zero-order valence-electron chi connectivity index (χ0n) is 12.4. The number of rotatable bonds is 5.